The van der Waals surface area contributed by atoms with Crippen molar-refractivity contribution < 1.29 is 24.2 Å². The van der Waals surface area contributed by atoms with Gasteiger partial charge in [-0.15, -0.1) is 0 Å². The fraction of sp³-hybridized carbons (Fsp3) is 0.786. The molecule has 0 saturated carbocycles. The van der Waals surface area contributed by atoms with Crippen LogP contribution in [0.15, 0.2) is 0 Å². The van der Waals surface area contributed by atoms with Crippen molar-refractivity contribution in [2.24, 2.45) is 5.92 Å². The third-order valence-corrected chi connectivity index (χ3v) is 3.76. The highest BCUT2D eigenvalue weighted by molar-refractivity contribution is 5.81. The van der Waals surface area contributed by atoms with Crippen molar-refractivity contribution >= 4 is 18.0 Å². The van der Waals surface area contributed by atoms with Crippen LogP contribution in [0.1, 0.15) is 32.6 Å². The molecule has 0 spiro atoms. The summed E-state index contributed by atoms with van der Waals surface area (Å²) >= 11 is 0. The number of piperidine rings is 1. The van der Waals surface area contributed by atoms with Crippen LogP contribution in [-0.2, 0) is 14.3 Å². The van der Waals surface area contributed by atoms with Crippen LogP contribution in [0, 0.1) is 5.92 Å². The number of carboxylic acids is 1. The number of urea groups is 1. The third kappa shape index (κ3) is 5.61. The summed E-state index contributed by atoms with van der Waals surface area (Å²) < 4.78 is 4.59. The number of esters is 1. The second-order valence-electron chi connectivity index (χ2n) is 5.26. The molecule has 1 aliphatic rings. The van der Waals surface area contributed by atoms with E-state index in [2.05, 4.69) is 4.74 Å². The first-order valence-electron chi connectivity index (χ1n) is 7.30. The SMILES string of the molecule is CCN(CC(=O)OC)C(=O)N1CCCC(CCC(=O)O)C1. The predicted octanol–water partition coefficient (Wildman–Crippen LogP) is 1.18. The quantitative estimate of drug-likeness (QED) is 0.744. The van der Waals surface area contributed by atoms with Gasteiger partial charge >= 0.3 is 18.0 Å². The lowest BCUT2D eigenvalue weighted by Crippen LogP contribution is -2.49. The molecule has 120 valence electrons. The molecule has 0 bridgehead atoms. The van der Waals surface area contributed by atoms with Gasteiger partial charge in [0.15, 0.2) is 0 Å². The van der Waals surface area contributed by atoms with E-state index < -0.39 is 11.9 Å². The van der Waals surface area contributed by atoms with E-state index in [9.17, 15) is 14.4 Å². The number of ether oxygens (including phenoxy) is 1. The van der Waals surface area contributed by atoms with E-state index >= 15 is 0 Å². The Morgan fingerprint density at radius 3 is 2.67 bits per heavy atom. The highest BCUT2D eigenvalue weighted by Crippen LogP contribution is 2.22. The highest BCUT2D eigenvalue weighted by atomic mass is 16.5. The van der Waals surface area contributed by atoms with Crippen LogP contribution >= 0.6 is 0 Å². The molecule has 1 aliphatic heterocycles. The average Bonchev–Trinajstić information content (AvgIpc) is 2.49. The van der Waals surface area contributed by atoms with E-state index in [0.717, 1.165) is 12.8 Å². The number of carboxylic acid groups (broad SMARTS) is 1. The molecule has 1 rings (SSSR count). The Hall–Kier alpha value is -1.79. The minimum Gasteiger partial charge on any atom is -0.481 e. The van der Waals surface area contributed by atoms with Gasteiger partial charge in [0.25, 0.3) is 0 Å². The summed E-state index contributed by atoms with van der Waals surface area (Å²) in [5.41, 5.74) is 0. The number of methoxy groups -OCH3 is 1. The molecule has 1 unspecified atom stereocenters. The molecule has 7 heteroatoms. The second kappa shape index (κ2) is 8.49. The van der Waals surface area contributed by atoms with Gasteiger partial charge in [0.1, 0.15) is 6.54 Å². The monoisotopic (exact) mass is 300 g/mol. The van der Waals surface area contributed by atoms with E-state index in [0.29, 0.717) is 26.1 Å². The van der Waals surface area contributed by atoms with Crippen molar-refractivity contribution in [3.63, 3.8) is 0 Å². The average molecular weight is 300 g/mol. The number of hydrogen-bond acceptors (Lipinski definition) is 4. The van der Waals surface area contributed by atoms with Crippen molar-refractivity contribution in [1.29, 1.82) is 0 Å². The van der Waals surface area contributed by atoms with E-state index in [-0.39, 0.29) is 24.9 Å². The molecule has 0 radical (unpaired) electrons. The van der Waals surface area contributed by atoms with Crippen molar-refractivity contribution in [2.45, 2.75) is 32.6 Å². The van der Waals surface area contributed by atoms with Crippen LogP contribution in [0.3, 0.4) is 0 Å². The molecule has 1 saturated heterocycles. The second-order valence-corrected chi connectivity index (χ2v) is 5.26. The van der Waals surface area contributed by atoms with E-state index in [1.54, 1.807) is 4.90 Å². The summed E-state index contributed by atoms with van der Waals surface area (Å²) in [6, 6.07) is -0.178. The first-order valence-corrected chi connectivity index (χ1v) is 7.30. The zero-order chi connectivity index (χ0) is 15.8. The van der Waals surface area contributed by atoms with Crippen LogP contribution in [0.25, 0.3) is 0 Å². The molecule has 1 heterocycles. The molecule has 7 nitrogen and oxygen atoms in total. The first kappa shape index (κ1) is 17.3. The van der Waals surface area contributed by atoms with Crippen LogP contribution in [0.2, 0.25) is 0 Å². The van der Waals surface area contributed by atoms with Crippen molar-refractivity contribution in [3.8, 4) is 0 Å². The largest absolute Gasteiger partial charge is 0.481 e. The zero-order valence-corrected chi connectivity index (χ0v) is 12.7. The molecular formula is C14H24N2O5. The molecule has 1 fully saturated rings. The predicted molar refractivity (Wildman–Crippen MR) is 75.8 cm³/mol. The lowest BCUT2D eigenvalue weighted by molar-refractivity contribution is -0.141. The fourth-order valence-electron chi connectivity index (χ4n) is 2.54. The third-order valence-electron chi connectivity index (χ3n) is 3.76. The number of carbonyl (C=O) groups excluding carboxylic acids is 2. The Morgan fingerprint density at radius 2 is 2.10 bits per heavy atom. The number of aliphatic carboxylic acids is 1. The Balaban J connectivity index is 2.55. The number of carbonyl (C=O) groups is 3. The number of nitrogens with zero attached hydrogens (tertiary/aromatic N) is 2. The lowest BCUT2D eigenvalue weighted by Gasteiger charge is -2.35. The van der Waals surface area contributed by atoms with Crippen LogP contribution in [0.5, 0.6) is 0 Å². The maximum Gasteiger partial charge on any atom is 0.325 e. The maximum atomic E-state index is 12.4. The molecule has 21 heavy (non-hydrogen) atoms. The number of likely N-dealkylation sites (tertiary alicyclic amines) is 1. The van der Waals surface area contributed by atoms with Crippen LogP contribution in [0.4, 0.5) is 4.79 Å². The van der Waals surface area contributed by atoms with Gasteiger partial charge in [-0.1, -0.05) is 0 Å². The van der Waals surface area contributed by atoms with Gasteiger partial charge in [0.2, 0.25) is 0 Å². The Bertz CT molecular complexity index is 386. The van der Waals surface area contributed by atoms with Gasteiger partial charge in [-0.3, -0.25) is 9.59 Å². The Morgan fingerprint density at radius 1 is 1.38 bits per heavy atom. The van der Waals surface area contributed by atoms with Gasteiger partial charge in [0, 0.05) is 26.1 Å². The number of amides is 2. The fourth-order valence-corrected chi connectivity index (χ4v) is 2.54. The smallest absolute Gasteiger partial charge is 0.325 e. The summed E-state index contributed by atoms with van der Waals surface area (Å²) in [6.45, 7) is 3.41. The summed E-state index contributed by atoms with van der Waals surface area (Å²) in [5.74, 6) is -1.03. The van der Waals surface area contributed by atoms with Gasteiger partial charge in [-0.25, -0.2) is 4.79 Å². The molecule has 1 atom stereocenters. The summed E-state index contributed by atoms with van der Waals surface area (Å²) in [4.78, 5) is 37.5. The highest BCUT2D eigenvalue weighted by Gasteiger charge is 2.27. The lowest BCUT2D eigenvalue weighted by atomic mass is 9.93. The van der Waals surface area contributed by atoms with Crippen molar-refractivity contribution in [1.82, 2.24) is 9.80 Å². The summed E-state index contributed by atoms with van der Waals surface area (Å²) in [5, 5.41) is 8.73. The minimum atomic E-state index is -0.806. The van der Waals surface area contributed by atoms with Gasteiger partial charge < -0.3 is 19.6 Å². The Labute approximate surface area is 124 Å². The van der Waals surface area contributed by atoms with Gasteiger partial charge in [-0.2, -0.15) is 0 Å². The molecule has 0 aromatic heterocycles. The zero-order valence-electron chi connectivity index (χ0n) is 12.7. The van der Waals surface area contributed by atoms with Crippen LogP contribution < -0.4 is 0 Å². The van der Waals surface area contributed by atoms with Crippen molar-refractivity contribution in [2.75, 3.05) is 33.3 Å². The number of hydrogen-bond donors (Lipinski definition) is 1. The summed E-state index contributed by atoms with van der Waals surface area (Å²) in [6.07, 6.45) is 2.53. The number of likely N-dealkylation sites (N-methyl/N-ethyl adjacent to an activating group) is 1. The van der Waals surface area contributed by atoms with E-state index in [4.69, 9.17) is 5.11 Å². The standard InChI is InChI=1S/C14H24N2O5/c1-3-15(10-13(19)21-2)14(20)16-8-4-5-11(9-16)6-7-12(17)18/h11H,3-10H2,1-2H3,(H,17,18). The van der Waals surface area contributed by atoms with E-state index in [1.165, 1.54) is 12.0 Å². The number of rotatable bonds is 6. The topological polar surface area (TPSA) is 87.2 Å². The van der Waals surface area contributed by atoms with Crippen molar-refractivity contribution in [3.05, 3.63) is 0 Å². The molecule has 0 aliphatic carbocycles. The Kier molecular flexibility index (Phi) is 6.98. The van der Waals surface area contributed by atoms with E-state index in [1.807, 2.05) is 6.92 Å². The molecule has 0 aromatic carbocycles. The molecular weight excluding hydrogens is 276 g/mol. The minimum absolute atomic E-state index is 0.0534. The molecule has 0 aromatic rings. The first-order chi connectivity index (χ1) is 9.97. The molecule has 2 amide bonds. The summed E-state index contributed by atoms with van der Waals surface area (Å²) in [7, 11) is 1.30. The van der Waals surface area contributed by atoms with Gasteiger partial charge in [0.05, 0.1) is 7.11 Å². The van der Waals surface area contributed by atoms with Gasteiger partial charge in [-0.05, 0) is 32.1 Å². The molecule has 1 N–H and O–H groups in total. The van der Waals surface area contributed by atoms with Crippen LogP contribution in [-0.4, -0.2) is 66.2 Å². The normalized spacial score (nSPS) is 18.2. The maximum absolute atomic E-state index is 12.4.